The van der Waals surface area contributed by atoms with Crippen molar-refractivity contribution in [2.45, 2.75) is 19.3 Å². The van der Waals surface area contributed by atoms with Crippen molar-refractivity contribution in [2.75, 3.05) is 57.8 Å². The Labute approximate surface area is 168 Å². The smallest absolute Gasteiger partial charge is 0.251 e. The lowest BCUT2D eigenvalue weighted by molar-refractivity contribution is 0.0950. The van der Waals surface area contributed by atoms with E-state index in [0.717, 1.165) is 58.1 Å². The zero-order valence-electron chi connectivity index (χ0n) is 15.4. The molecule has 1 unspecified atom stereocenters. The molecule has 2 saturated heterocycles. The molecule has 3 rings (SSSR count). The van der Waals surface area contributed by atoms with Gasteiger partial charge in [-0.15, -0.1) is 24.8 Å². The third-order valence-corrected chi connectivity index (χ3v) is 5.07. The molecule has 1 aromatic heterocycles. The molecule has 1 aromatic rings. The van der Waals surface area contributed by atoms with E-state index in [2.05, 4.69) is 32.5 Å². The number of piperazine rings is 1. The maximum atomic E-state index is 12.4. The average molecular weight is 404 g/mol. The molecular formula is C18H31Cl2N5O. The number of hydrogen-bond donors (Lipinski definition) is 2. The largest absolute Gasteiger partial charge is 0.354 e. The van der Waals surface area contributed by atoms with Crippen molar-refractivity contribution in [3.63, 3.8) is 0 Å². The molecule has 2 fully saturated rings. The number of amides is 1. The van der Waals surface area contributed by atoms with E-state index in [9.17, 15) is 4.79 Å². The Morgan fingerprint density at radius 3 is 2.77 bits per heavy atom. The summed E-state index contributed by atoms with van der Waals surface area (Å²) in [5.41, 5.74) is 0.709. The molecule has 0 bridgehead atoms. The first-order valence-corrected chi connectivity index (χ1v) is 9.11. The van der Waals surface area contributed by atoms with Crippen LogP contribution in [0.3, 0.4) is 0 Å². The zero-order chi connectivity index (χ0) is 16.8. The molecule has 1 atom stereocenters. The number of anilines is 1. The summed E-state index contributed by atoms with van der Waals surface area (Å²) in [4.78, 5) is 21.4. The molecule has 2 N–H and O–H groups in total. The topological polar surface area (TPSA) is 60.5 Å². The van der Waals surface area contributed by atoms with Gasteiger partial charge in [0.2, 0.25) is 0 Å². The predicted molar refractivity (Wildman–Crippen MR) is 111 cm³/mol. The van der Waals surface area contributed by atoms with Crippen molar-refractivity contribution < 1.29 is 4.79 Å². The lowest BCUT2D eigenvalue weighted by Crippen LogP contribution is -2.44. The van der Waals surface area contributed by atoms with Crippen LogP contribution in [-0.4, -0.2) is 68.7 Å². The Morgan fingerprint density at radius 1 is 1.31 bits per heavy atom. The Kier molecular flexibility index (Phi) is 10.2. The zero-order valence-corrected chi connectivity index (χ0v) is 17.1. The molecule has 26 heavy (non-hydrogen) atoms. The Hall–Kier alpha value is -1.08. The first-order chi connectivity index (χ1) is 11.7. The summed E-state index contributed by atoms with van der Waals surface area (Å²) in [5.74, 6) is 1.61. The van der Waals surface area contributed by atoms with Gasteiger partial charge in [-0.25, -0.2) is 4.98 Å². The number of carbonyl (C=O) groups excluding carboxylic acids is 1. The molecule has 2 aliphatic heterocycles. The van der Waals surface area contributed by atoms with Crippen molar-refractivity contribution >= 4 is 36.5 Å². The number of aromatic nitrogens is 1. The van der Waals surface area contributed by atoms with Crippen molar-refractivity contribution in [2.24, 2.45) is 5.92 Å². The molecule has 3 heterocycles. The van der Waals surface area contributed by atoms with E-state index in [1.165, 1.54) is 12.8 Å². The van der Waals surface area contributed by atoms with Crippen LogP contribution in [0.5, 0.6) is 0 Å². The van der Waals surface area contributed by atoms with E-state index in [1.54, 1.807) is 12.3 Å². The van der Waals surface area contributed by atoms with Crippen LogP contribution in [0.2, 0.25) is 0 Å². The second kappa shape index (κ2) is 11.6. The minimum Gasteiger partial charge on any atom is -0.354 e. The van der Waals surface area contributed by atoms with Gasteiger partial charge in [0.25, 0.3) is 5.91 Å². The Balaban J connectivity index is 0.00000169. The van der Waals surface area contributed by atoms with E-state index >= 15 is 0 Å². The summed E-state index contributed by atoms with van der Waals surface area (Å²) in [6.45, 7) is 6.96. The maximum absolute atomic E-state index is 12.4. The Bertz CT molecular complexity index is 546. The standard InChI is InChI=1S/C18H29N5O.2ClH/c1-22-9-11-23(12-10-22)17-13-16(5-8-20-17)18(24)21-7-4-15-3-2-6-19-14-15;;/h5,8,13,15,19H,2-4,6-7,9-12,14H2,1H3,(H,21,24);2*1H. The third kappa shape index (κ3) is 6.58. The summed E-state index contributed by atoms with van der Waals surface area (Å²) in [6.07, 6.45) is 5.31. The number of nitrogens with one attached hydrogen (secondary N) is 2. The summed E-state index contributed by atoms with van der Waals surface area (Å²) in [7, 11) is 2.14. The lowest BCUT2D eigenvalue weighted by atomic mass is 9.96. The molecule has 0 radical (unpaired) electrons. The summed E-state index contributed by atoms with van der Waals surface area (Å²) in [6, 6.07) is 3.72. The fraction of sp³-hybridized carbons (Fsp3) is 0.667. The van der Waals surface area contributed by atoms with Crippen molar-refractivity contribution in [3.8, 4) is 0 Å². The minimum absolute atomic E-state index is 0. The highest BCUT2D eigenvalue weighted by atomic mass is 35.5. The van der Waals surface area contributed by atoms with Gasteiger partial charge in [-0.2, -0.15) is 0 Å². The number of piperidine rings is 1. The van der Waals surface area contributed by atoms with Crippen LogP contribution in [-0.2, 0) is 0 Å². The van der Waals surface area contributed by atoms with Crippen LogP contribution < -0.4 is 15.5 Å². The Morgan fingerprint density at radius 2 is 2.08 bits per heavy atom. The van der Waals surface area contributed by atoms with Crippen LogP contribution in [0.25, 0.3) is 0 Å². The number of halogens is 2. The average Bonchev–Trinajstić information content (AvgIpc) is 2.63. The summed E-state index contributed by atoms with van der Waals surface area (Å²) >= 11 is 0. The van der Waals surface area contributed by atoms with Gasteiger partial charge in [0, 0.05) is 44.5 Å². The quantitative estimate of drug-likeness (QED) is 0.784. The first-order valence-electron chi connectivity index (χ1n) is 9.11. The van der Waals surface area contributed by atoms with Gasteiger partial charge in [0.15, 0.2) is 0 Å². The molecule has 0 aromatic carbocycles. The van der Waals surface area contributed by atoms with Crippen LogP contribution in [0.15, 0.2) is 18.3 Å². The minimum atomic E-state index is 0. The fourth-order valence-corrected chi connectivity index (χ4v) is 3.43. The van der Waals surface area contributed by atoms with E-state index < -0.39 is 0 Å². The SMILES string of the molecule is CN1CCN(c2cc(C(=O)NCCC3CCCNC3)ccn2)CC1.Cl.Cl. The molecule has 0 saturated carbocycles. The van der Waals surface area contributed by atoms with Crippen molar-refractivity contribution in [3.05, 3.63) is 23.9 Å². The number of rotatable bonds is 5. The number of nitrogens with zero attached hydrogens (tertiary/aromatic N) is 3. The number of likely N-dealkylation sites (N-methyl/N-ethyl adjacent to an activating group) is 1. The molecule has 6 nitrogen and oxygen atoms in total. The van der Waals surface area contributed by atoms with E-state index in [4.69, 9.17) is 0 Å². The molecule has 0 spiro atoms. The van der Waals surface area contributed by atoms with Crippen molar-refractivity contribution in [1.29, 1.82) is 0 Å². The molecule has 8 heteroatoms. The van der Waals surface area contributed by atoms with E-state index in [-0.39, 0.29) is 30.7 Å². The summed E-state index contributed by atoms with van der Waals surface area (Å²) < 4.78 is 0. The highest BCUT2D eigenvalue weighted by molar-refractivity contribution is 5.94. The maximum Gasteiger partial charge on any atom is 0.251 e. The van der Waals surface area contributed by atoms with Gasteiger partial charge < -0.3 is 20.4 Å². The summed E-state index contributed by atoms with van der Waals surface area (Å²) in [5, 5.41) is 6.48. The van der Waals surface area contributed by atoms with Gasteiger partial charge in [0.05, 0.1) is 0 Å². The van der Waals surface area contributed by atoms with E-state index in [1.807, 2.05) is 6.07 Å². The highest BCUT2D eigenvalue weighted by Crippen LogP contribution is 2.15. The molecule has 2 aliphatic rings. The molecule has 1 amide bonds. The van der Waals surface area contributed by atoms with E-state index in [0.29, 0.717) is 11.5 Å². The lowest BCUT2D eigenvalue weighted by Gasteiger charge is -2.33. The highest BCUT2D eigenvalue weighted by Gasteiger charge is 2.17. The number of hydrogen-bond acceptors (Lipinski definition) is 5. The first kappa shape index (κ1) is 23.0. The van der Waals surface area contributed by atoms with Gasteiger partial charge in [-0.1, -0.05) is 0 Å². The number of pyridine rings is 1. The van der Waals surface area contributed by atoms with Crippen LogP contribution in [0.1, 0.15) is 29.6 Å². The third-order valence-electron chi connectivity index (χ3n) is 5.07. The van der Waals surface area contributed by atoms with Gasteiger partial charge in [-0.3, -0.25) is 4.79 Å². The predicted octanol–water partition coefficient (Wildman–Crippen LogP) is 1.80. The fourth-order valence-electron chi connectivity index (χ4n) is 3.43. The van der Waals surface area contributed by atoms with Crippen LogP contribution >= 0.6 is 24.8 Å². The second-order valence-corrected chi connectivity index (χ2v) is 6.95. The molecule has 0 aliphatic carbocycles. The number of carbonyl (C=O) groups is 1. The molecular weight excluding hydrogens is 373 g/mol. The normalized spacial score (nSPS) is 20.7. The van der Waals surface area contributed by atoms with Gasteiger partial charge in [-0.05, 0) is 57.5 Å². The van der Waals surface area contributed by atoms with Crippen molar-refractivity contribution in [1.82, 2.24) is 20.5 Å². The van der Waals surface area contributed by atoms with Gasteiger partial charge in [0.1, 0.15) is 5.82 Å². The van der Waals surface area contributed by atoms with Crippen LogP contribution in [0.4, 0.5) is 5.82 Å². The van der Waals surface area contributed by atoms with Gasteiger partial charge >= 0.3 is 0 Å². The molecule has 148 valence electrons. The monoisotopic (exact) mass is 403 g/mol. The second-order valence-electron chi connectivity index (χ2n) is 6.95. The van der Waals surface area contributed by atoms with Crippen LogP contribution in [0, 0.1) is 5.92 Å².